The van der Waals surface area contributed by atoms with Crippen LogP contribution in [0, 0.1) is 18.8 Å². The first-order chi connectivity index (χ1) is 7.90. The van der Waals surface area contributed by atoms with Crippen molar-refractivity contribution in [2.24, 2.45) is 11.8 Å². The summed E-state index contributed by atoms with van der Waals surface area (Å²) in [5.74, 6) is 2.52. The van der Waals surface area contributed by atoms with Crippen molar-refractivity contribution < 1.29 is 0 Å². The van der Waals surface area contributed by atoms with Crippen LogP contribution in [0.5, 0.6) is 0 Å². The molecule has 0 aliphatic heterocycles. The Labute approximate surface area is 104 Å². The summed E-state index contributed by atoms with van der Waals surface area (Å²) >= 11 is 0. The van der Waals surface area contributed by atoms with Gasteiger partial charge in [0.15, 0.2) is 0 Å². The number of nitrogens with two attached hydrogens (primary N) is 1. The maximum atomic E-state index is 5.68. The van der Waals surface area contributed by atoms with E-state index in [0.29, 0.717) is 17.8 Å². The van der Waals surface area contributed by atoms with E-state index in [4.69, 9.17) is 5.73 Å². The van der Waals surface area contributed by atoms with Crippen LogP contribution in [-0.4, -0.2) is 23.1 Å². The average Bonchev–Trinajstić information content (AvgIpc) is 2.19. The zero-order valence-electron chi connectivity index (χ0n) is 11.6. The summed E-state index contributed by atoms with van der Waals surface area (Å²) in [6.45, 7) is 12.9. The topological polar surface area (TPSA) is 55.0 Å². The van der Waals surface area contributed by atoms with Crippen LogP contribution in [0.4, 0.5) is 11.8 Å². The van der Waals surface area contributed by atoms with E-state index in [0.717, 1.165) is 24.5 Å². The fourth-order valence-electron chi connectivity index (χ4n) is 1.90. The van der Waals surface area contributed by atoms with Gasteiger partial charge in [0.2, 0.25) is 5.95 Å². The lowest BCUT2D eigenvalue weighted by Crippen LogP contribution is -2.32. The van der Waals surface area contributed by atoms with E-state index < -0.39 is 0 Å². The SMILES string of the molecule is Cc1cnc(N)nc1N(CC(C)C)CC(C)C. The minimum absolute atomic E-state index is 0.350. The molecule has 0 unspecified atom stereocenters. The predicted octanol–water partition coefficient (Wildman–Crippen LogP) is 2.49. The highest BCUT2D eigenvalue weighted by Gasteiger charge is 2.14. The molecule has 4 heteroatoms. The van der Waals surface area contributed by atoms with Gasteiger partial charge in [0, 0.05) is 24.8 Å². The Bertz CT molecular complexity index is 350. The van der Waals surface area contributed by atoms with Gasteiger partial charge in [0.05, 0.1) is 0 Å². The fraction of sp³-hybridized carbons (Fsp3) is 0.692. The molecule has 0 amide bonds. The first kappa shape index (κ1) is 13.7. The van der Waals surface area contributed by atoms with Crippen LogP contribution in [0.1, 0.15) is 33.3 Å². The second-order valence-electron chi connectivity index (χ2n) is 5.43. The van der Waals surface area contributed by atoms with Crippen LogP contribution in [0.25, 0.3) is 0 Å². The molecule has 0 saturated heterocycles. The summed E-state index contributed by atoms with van der Waals surface area (Å²) in [7, 11) is 0. The first-order valence-corrected chi connectivity index (χ1v) is 6.24. The zero-order chi connectivity index (χ0) is 13.0. The van der Waals surface area contributed by atoms with E-state index in [1.807, 2.05) is 6.92 Å². The van der Waals surface area contributed by atoms with Crippen LogP contribution in [0.2, 0.25) is 0 Å². The zero-order valence-corrected chi connectivity index (χ0v) is 11.6. The fourth-order valence-corrected chi connectivity index (χ4v) is 1.90. The minimum atomic E-state index is 0.350. The molecule has 17 heavy (non-hydrogen) atoms. The standard InChI is InChI=1S/C13H24N4/c1-9(2)7-17(8-10(3)4)12-11(5)6-15-13(14)16-12/h6,9-10H,7-8H2,1-5H3,(H2,14,15,16). The second-order valence-corrected chi connectivity index (χ2v) is 5.43. The summed E-state index contributed by atoms with van der Waals surface area (Å²) in [5, 5.41) is 0. The van der Waals surface area contributed by atoms with Gasteiger partial charge in [-0.2, -0.15) is 4.98 Å². The number of hydrogen-bond donors (Lipinski definition) is 1. The number of aryl methyl sites for hydroxylation is 1. The molecular weight excluding hydrogens is 212 g/mol. The maximum Gasteiger partial charge on any atom is 0.221 e. The molecule has 0 aliphatic carbocycles. The van der Waals surface area contributed by atoms with Gasteiger partial charge in [-0.1, -0.05) is 27.7 Å². The van der Waals surface area contributed by atoms with Gasteiger partial charge in [0.1, 0.15) is 5.82 Å². The Kier molecular flexibility index (Phi) is 4.73. The van der Waals surface area contributed by atoms with Gasteiger partial charge >= 0.3 is 0 Å². The third-order valence-corrected chi connectivity index (χ3v) is 2.43. The van der Waals surface area contributed by atoms with Gasteiger partial charge < -0.3 is 10.6 Å². The first-order valence-electron chi connectivity index (χ1n) is 6.24. The van der Waals surface area contributed by atoms with E-state index in [2.05, 4.69) is 42.6 Å². The molecule has 0 bridgehead atoms. The third-order valence-electron chi connectivity index (χ3n) is 2.43. The van der Waals surface area contributed by atoms with Gasteiger partial charge in [-0.25, -0.2) is 4.98 Å². The van der Waals surface area contributed by atoms with Crippen LogP contribution >= 0.6 is 0 Å². The van der Waals surface area contributed by atoms with E-state index in [-0.39, 0.29) is 0 Å². The molecule has 0 fully saturated rings. The van der Waals surface area contributed by atoms with Crippen LogP contribution < -0.4 is 10.6 Å². The largest absolute Gasteiger partial charge is 0.368 e. The predicted molar refractivity (Wildman–Crippen MR) is 73.1 cm³/mol. The Hall–Kier alpha value is -1.32. The molecular formula is C13H24N4. The van der Waals surface area contributed by atoms with Crippen molar-refractivity contribution in [3.8, 4) is 0 Å². The van der Waals surface area contributed by atoms with Gasteiger partial charge in [-0.15, -0.1) is 0 Å². The van der Waals surface area contributed by atoms with Crippen molar-refractivity contribution in [1.82, 2.24) is 9.97 Å². The highest BCUT2D eigenvalue weighted by Crippen LogP contribution is 2.19. The quantitative estimate of drug-likeness (QED) is 0.853. The van der Waals surface area contributed by atoms with E-state index in [1.54, 1.807) is 6.20 Å². The molecule has 4 nitrogen and oxygen atoms in total. The van der Waals surface area contributed by atoms with E-state index >= 15 is 0 Å². The Balaban J connectivity index is 2.98. The number of aromatic nitrogens is 2. The summed E-state index contributed by atoms with van der Waals surface area (Å²) in [6, 6.07) is 0. The minimum Gasteiger partial charge on any atom is -0.368 e. The molecule has 0 saturated carbocycles. The third kappa shape index (κ3) is 4.21. The average molecular weight is 236 g/mol. The summed E-state index contributed by atoms with van der Waals surface area (Å²) in [4.78, 5) is 10.7. The van der Waals surface area contributed by atoms with Crippen molar-refractivity contribution in [2.75, 3.05) is 23.7 Å². The lowest BCUT2D eigenvalue weighted by molar-refractivity contribution is 0.548. The molecule has 0 aliphatic rings. The maximum absolute atomic E-state index is 5.68. The second kappa shape index (κ2) is 5.84. The van der Waals surface area contributed by atoms with Crippen LogP contribution in [-0.2, 0) is 0 Å². The smallest absolute Gasteiger partial charge is 0.221 e. The highest BCUT2D eigenvalue weighted by atomic mass is 15.2. The Morgan fingerprint density at radius 3 is 2.18 bits per heavy atom. The van der Waals surface area contributed by atoms with Crippen molar-refractivity contribution in [2.45, 2.75) is 34.6 Å². The van der Waals surface area contributed by atoms with Gasteiger partial charge in [-0.05, 0) is 18.8 Å². The number of rotatable bonds is 5. The normalized spacial score (nSPS) is 11.2. The molecule has 1 rings (SSSR count). The molecule has 96 valence electrons. The Morgan fingerprint density at radius 1 is 1.18 bits per heavy atom. The molecule has 0 atom stereocenters. The number of hydrogen-bond acceptors (Lipinski definition) is 4. The lowest BCUT2D eigenvalue weighted by atomic mass is 10.1. The molecule has 1 aromatic rings. The van der Waals surface area contributed by atoms with Crippen molar-refractivity contribution in [3.63, 3.8) is 0 Å². The number of nitrogen functional groups attached to an aromatic ring is 1. The Morgan fingerprint density at radius 2 is 1.71 bits per heavy atom. The molecule has 0 aromatic carbocycles. The number of nitrogens with zero attached hydrogens (tertiary/aromatic N) is 3. The van der Waals surface area contributed by atoms with Crippen molar-refractivity contribution in [1.29, 1.82) is 0 Å². The summed E-state index contributed by atoms with van der Waals surface area (Å²) in [6.07, 6.45) is 1.80. The van der Waals surface area contributed by atoms with Crippen molar-refractivity contribution >= 4 is 11.8 Å². The van der Waals surface area contributed by atoms with Gasteiger partial charge in [0.25, 0.3) is 0 Å². The summed E-state index contributed by atoms with van der Waals surface area (Å²) < 4.78 is 0. The van der Waals surface area contributed by atoms with Crippen LogP contribution in [0.3, 0.4) is 0 Å². The van der Waals surface area contributed by atoms with Crippen LogP contribution in [0.15, 0.2) is 6.20 Å². The molecule has 1 aromatic heterocycles. The monoisotopic (exact) mass is 236 g/mol. The molecule has 0 radical (unpaired) electrons. The highest BCUT2D eigenvalue weighted by molar-refractivity contribution is 5.48. The van der Waals surface area contributed by atoms with E-state index in [1.165, 1.54) is 0 Å². The number of anilines is 2. The molecule has 1 heterocycles. The molecule has 0 spiro atoms. The van der Waals surface area contributed by atoms with Gasteiger partial charge in [-0.3, -0.25) is 0 Å². The summed E-state index contributed by atoms with van der Waals surface area (Å²) in [5.41, 5.74) is 6.76. The van der Waals surface area contributed by atoms with E-state index in [9.17, 15) is 0 Å². The lowest BCUT2D eigenvalue weighted by Gasteiger charge is -2.28. The van der Waals surface area contributed by atoms with Crippen molar-refractivity contribution in [3.05, 3.63) is 11.8 Å². The molecule has 2 N–H and O–H groups in total.